The van der Waals surface area contributed by atoms with E-state index < -0.39 is 12.0 Å². The van der Waals surface area contributed by atoms with Gasteiger partial charge in [0.1, 0.15) is 6.04 Å². The van der Waals surface area contributed by atoms with Crippen LogP contribution in [0, 0.1) is 0 Å². The summed E-state index contributed by atoms with van der Waals surface area (Å²) in [6.07, 6.45) is 1.91. The second-order valence-electron chi connectivity index (χ2n) is 5.91. The average molecular weight is 389 g/mol. The minimum atomic E-state index is -0.774. The van der Waals surface area contributed by atoms with Gasteiger partial charge in [0, 0.05) is 18.2 Å². The van der Waals surface area contributed by atoms with Gasteiger partial charge in [-0.3, -0.25) is 9.59 Å². The molecule has 0 fully saturated rings. The molecule has 0 saturated carbocycles. The standard InChI is InChI=1S/C19H23N3O4S/c1-3-7-14-11-16(23)22-19(20-14)27-12-17(24)21-15(18(25)26-2)10-13-8-5-4-6-9-13/h4-6,8-9,11,15H,3,7,10,12H2,1-2H3,(H,21,24)(H,20,22,23)/t15-/m1/s1. The van der Waals surface area contributed by atoms with Gasteiger partial charge in [-0.25, -0.2) is 9.78 Å². The van der Waals surface area contributed by atoms with E-state index in [4.69, 9.17) is 4.74 Å². The van der Waals surface area contributed by atoms with Gasteiger partial charge in [0.25, 0.3) is 5.56 Å². The second-order valence-corrected chi connectivity index (χ2v) is 6.88. The number of ether oxygens (including phenoxy) is 1. The zero-order valence-electron chi connectivity index (χ0n) is 15.4. The first-order chi connectivity index (χ1) is 13.0. The monoisotopic (exact) mass is 389 g/mol. The van der Waals surface area contributed by atoms with Crippen molar-refractivity contribution >= 4 is 23.6 Å². The molecule has 7 nitrogen and oxygen atoms in total. The molecule has 1 amide bonds. The van der Waals surface area contributed by atoms with E-state index in [2.05, 4.69) is 15.3 Å². The lowest BCUT2D eigenvalue weighted by atomic mass is 10.1. The first-order valence-corrected chi connectivity index (χ1v) is 9.64. The van der Waals surface area contributed by atoms with E-state index in [1.807, 2.05) is 37.3 Å². The topological polar surface area (TPSA) is 101 Å². The maximum atomic E-state index is 12.3. The molecule has 2 rings (SSSR count). The number of H-pyrrole nitrogens is 1. The number of thioether (sulfide) groups is 1. The number of hydrogen-bond donors (Lipinski definition) is 2. The molecule has 1 heterocycles. The fraction of sp³-hybridized carbons (Fsp3) is 0.368. The molecule has 0 aliphatic heterocycles. The molecule has 8 heteroatoms. The summed E-state index contributed by atoms with van der Waals surface area (Å²) in [6.45, 7) is 2.00. The van der Waals surface area contributed by atoms with Crippen molar-refractivity contribution < 1.29 is 14.3 Å². The van der Waals surface area contributed by atoms with Crippen LogP contribution >= 0.6 is 11.8 Å². The van der Waals surface area contributed by atoms with Crippen molar-refractivity contribution in [3.8, 4) is 0 Å². The van der Waals surface area contributed by atoms with Gasteiger partial charge in [-0.1, -0.05) is 55.4 Å². The van der Waals surface area contributed by atoms with Crippen LogP contribution in [0.4, 0.5) is 0 Å². The van der Waals surface area contributed by atoms with Crippen molar-refractivity contribution in [2.75, 3.05) is 12.9 Å². The number of benzene rings is 1. The number of carbonyl (C=O) groups is 2. The molecule has 1 atom stereocenters. The lowest BCUT2D eigenvalue weighted by Gasteiger charge is -2.16. The van der Waals surface area contributed by atoms with Crippen LogP contribution in [0.5, 0.6) is 0 Å². The smallest absolute Gasteiger partial charge is 0.328 e. The molecule has 0 saturated heterocycles. The van der Waals surface area contributed by atoms with E-state index in [9.17, 15) is 14.4 Å². The molecular formula is C19H23N3O4S. The molecule has 0 radical (unpaired) electrons. The van der Waals surface area contributed by atoms with Crippen molar-refractivity contribution in [3.05, 3.63) is 58.0 Å². The quantitative estimate of drug-likeness (QED) is 0.385. The van der Waals surface area contributed by atoms with Crippen LogP contribution in [-0.4, -0.2) is 40.7 Å². The van der Waals surface area contributed by atoms with Crippen LogP contribution in [0.15, 0.2) is 46.3 Å². The minimum absolute atomic E-state index is 0.0286. The lowest BCUT2D eigenvalue weighted by Crippen LogP contribution is -2.43. The molecule has 0 spiro atoms. The summed E-state index contributed by atoms with van der Waals surface area (Å²) in [5.74, 6) is -0.815. The second kappa shape index (κ2) is 10.5. The van der Waals surface area contributed by atoms with Gasteiger partial charge >= 0.3 is 5.97 Å². The maximum absolute atomic E-state index is 12.3. The van der Waals surface area contributed by atoms with E-state index in [1.165, 1.54) is 13.2 Å². The molecular weight excluding hydrogens is 366 g/mol. The molecule has 1 aromatic carbocycles. The number of nitrogens with zero attached hydrogens (tertiary/aromatic N) is 1. The molecule has 2 N–H and O–H groups in total. The Morgan fingerprint density at radius 3 is 2.70 bits per heavy atom. The normalized spacial score (nSPS) is 11.6. The van der Waals surface area contributed by atoms with Crippen molar-refractivity contribution in [2.24, 2.45) is 0 Å². The largest absolute Gasteiger partial charge is 0.467 e. The molecule has 27 heavy (non-hydrogen) atoms. The number of rotatable bonds is 9. The maximum Gasteiger partial charge on any atom is 0.328 e. The summed E-state index contributed by atoms with van der Waals surface area (Å²) in [4.78, 5) is 42.9. The van der Waals surface area contributed by atoms with Gasteiger partial charge in [-0.15, -0.1) is 0 Å². The average Bonchev–Trinajstić information content (AvgIpc) is 2.66. The molecule has 1 aromatic heterocycles. The Hall–Kier alpha value is -2.61. The summed E-state index contributed by atoms with van der Waals surface area (Å²) in [5.41, 5.74) is 1.37. The van der Waals surface area contributed by atoms with Crippen molar-refractivity contribution in [1.29, 1.82) is 0 Å². The molecule has 2 aromatic rings. The highest BCUT2D eigenvalue weighted by Gasteiger charge is 2.22. The SMILES string of the molecule is CCCc1cc(=O)[nH]c(SCC(=O)N[C@H](Cc2ccccc2)C(=O)OC)n1. The minimum Gasteiger partial charge on any atom is -0.467 e. The Kier molecular flexibility index (Phi) is 8.06. The highest BCUT2D eigenvalue weighted by molar-refractivity contribution is 7.99. The Morgan fingerprint density at radius 1 is 1.30 bits per heavy atom. The number of carbonyl (C=O) groups excluding carboxylic acids is 2. The summed E-state index contributed by atoms with van der Waals surface area (Å²) >= 11 is 1.12. The predicted molar refractivity (Wildman–Crippen MR) is 104 cm³/mol. The Balaban J connectivity index is 1.97. The summed E-state index contributed by atoms with van der Waals surface area (Å²) in [6, 6.07) is 10.1. The van der Waals surface area contributed by atoms with E-state index in [-0.39, 0.29) is 17.2 Å². The number of amides is 1. The Bertz CT molecular complexity index is 823. The van der Waals surface area contributed by atoms with Crippen molar-refractivity contribution in [2.45, 2.75) is 37.4 Å². The first kappa shape index (κ1) is 20.7. The third-order valence-electron chi connectivity index (χ3n) is 3.72. The number of esters is 1. The fourth-order valence-corrected chi connectivity index (χ4v) is 3.20. The van der Waals surface area contributed by atoms with Gasteiger partial charge < -0.3 is 15.0 Å². The van der Waals surface area contributed by atoms with Crippen LogP contribution in [0.2, 0.25) is 0 Å². The zero-order valence-corrected chi connectivity index (χ0v) is 16.2. The van der Waals surface area contributed by atoms with Crippen LogP contribution < -0.4 is 10.9 Å². The fourth-order valence-electron chi connectivity index (χ4n) is 2.49. The first-order valence-electron chi connectivity index (χ1n) is 8.66. The van der Waals surface area contributed by atoms with Crippen LogP contribution in [0.3, 0.4) is 0 Å². The number of aromatic amines is 1. The third-order valence-corrected chi connectivity index (χ3v) is 4.60. The van der Waals surface area contributed by atoms with Gasteiger partial charge in [0.05, 0.1) is 12.9 Å². The number of aromatic nitrogens is 2. The van der Waals surface area contributed by atoms with E-state index in [0.717, 1.165) is 23.7 Å². The van der Waals surface area contributed by atoms with Gasteiger partial charge in [0.15, 0.2) is 5.16 Å². The Morgan fingerprint density at radius 2 is 2.04 bits per heavy atom. The molecule has 0 aliphatic carbocycles. The number of nitrogens with one attached hydrogen (secondary N) is 2. The van der Waals surface area contributed by atoms with E-state index in [0.29, 0.717) is 23.7 Å². The predicted octanol–water partition coefficient (Wildman–Crippen LogP) is 1.72. The molecule has 144 valence electrons. The van der Waals surface area contributed by atoms with Crippen LogP contribution in [0.1, 0.15) is 24.6 Å². The Labute approximate surface area is 161 Å². The van der Waals surface area contributed by atoms with Gasteiger partial charge in [-0.2, -0.15) is 0 Å². The number of hydrogen-bond acceptors (Lipinski definition) is 6. The van der Waals surface area contributed by atoms with Gasteiger partial charge in [-0.05, 0) is 12.0 Å². The van der Waals surface area contributed by atoms with E-state index >= 15 is 0 Å². The summed E-state index contributed by atoms with van der Waals surface area (Å²) < 4.78 is 4.79. The highest BCUT2D eigenvalue weighted by Crippen LogP contribution is 2.12. The zero-order chi connectivity index (χ0) is 19.6. The van der Waals surface area contributed by atoms with Crippen LogP contribution in [-0.2, 0) is 27.2 Å². The lowest BCUT2D eigenvalue weighted by molar-refractivity contribution is -0.144. The number of aryl methyl sites for hydroxylation is 1. The van der Waals surface area contributed by atoms with Crippen molar-refractivity contribution in [1.82, 2.24) is 15.3 Å². The molecule has 0 unspecified atom stereocenters. The van der Waals surface area contributed by atoms with Crippen molar-refractivity contribution in [3.63, 3.8) is 0 Å². The third kappa shape index (κ3) is 6.90. The van der Waals surface area contributed by atoms with Gasteiger partial charge in [0.2, 0.25) is 5.91 Å². The van der Waals surface area contributed by atoms with E-state index in [1.54, 1.807) is 0 Å². The summed E-state index contributed by atoms with van der Waals surface area (Å²) in [5, 5.41) is 3.07. The molecule has 0 bridgehead atoms. The summed E-state index contributed by atoms with van der Waals surface area (Å²) in [7, 11) is 1.29. The molecule has 0 aliphatic rings. The van der Waals surface area contributed by atoms with Crippen LogP contribution in [0.25, 0.3) is 0 Å². The highest BCUT2D eigenvalue weighted by atomic mass is 32.2. The number of methoxy groups -OCH3 is 1.